The number of pyridine rings is 2. The number of aryl methyl sites for hydroxylation is 1. The van der Waals surface area contributed by atoms with E-state index in [0.717, 1.165) is 18.7 Å². The topological polar surface area (TPSA) is 130 Å². The van der Waals surface area contributed by atoms with Gasteiger partial charge in [0.2, 0.25) is 5.82 Å². The minimum absolute atomic E-state index is 0.0372. The molecule has 2 unspecified atom stereocenters. The number of aromatic carboxylic acids is 1. The summed E-state index contributed by atoms with van der Waals surface area (Å²) < 4.78 is 1.55. The SMILES string of the molecule is Cc1cc(N)cn2nc(C(=O)N3CC4CN(c5cccc(C(=O)O)n5)CC4C3)nc12. The average Bonchev–Trinajstić information content (AvgIpc) is 3.40. The van der Waals surface area contributed by atoms with Gasteiger partial charge in [0.1, 0.15) is 5.82 Å². The first-order valence-corrected chi connectivity index (χ1v) is 9.76. The molecule has 2 aliphatic heterocycles. The molecule has 2 saturated heterocycles. The molecular formula is C20H21N7O3. The Morgan fingerprint density at radius 1 is 1.13 bits per heavy atom. The molecule has 0 saturated carbocycles. The molecular weight excluding hydrogens is 386 g/mol. The highest BCUT2D eigenvalue weighted by molar-refractivity contribution is 5.91. The number of aromatic nitrogens is 4. The molecule has 2 fully saturated rings. The first-order chi connectivity index (χ1) is 14.4. The lowest BCUT2D eigenvalue weighted by molar-refractivity contribution is 0.0689. The number of fused-ring (bicyclic) bond motifs is 2. The Morgan fingerprint density at radius 2 is 1.87 bits per heavy atom. The Balaban J connectivity index is 1.30. The largest absolute Gasteiger partial charge is 0.477 e. The number of hydrogen-bond donors (Lipinski definition) is 2. The van der Waals surface area contributed by atoms with Gasteiger partial charge < -0.3 is 20.6 Å². The van der Waals surface area contributed by atoms with Crippen LogP contribution in [0.5, 0.6) is 0 Å². The van der Waals surface area contributed by atoms with E-state index >= 15 is 0 Å². The maximum atomic E-state index is 13.0. The lowest BCUT2D eigenvalue weighted by Gasteiger charge is -2.22. The molecule has 10 nitrogen and oxygen atoms in total. The van der Waals surface area contributed by atoms with Crippen molar-refractivity contribution in [3.8, 4) is 0 Å². The Morgan fingerprint density at radius 3 is 2.57 bits per heavy atom. The zero-order chi connectivity index (χ0) is 21.0. The predicted molar refractivity (Wildman–Crippen MR) is 108 cm³/mol. The Labute approximate surface area is 171 Å². The van der Waals surface area contributed by atoms with E-state index in [1.165, 1.54) is 6.07 Å². The van der Waals surface area contributed by atoms with Crippen LogP contribution in [0.25, 0.3) is 5.65 Å². The van der Waals surface area contributed by atoms with E-state index in [9.17, 15) is 9.59 Å². The lowest BCUT2D eigenvalue weighted by atomic mass is 10.0. The number of carbonyl (C=O) groups excluding carboxylic acids is 1. The molecule has 5 rings (SSSR count). The summed E-state index contributed by atoms with van der Waals surface area (Å²) in [5.74, 6) is 0.236. The van der Waals surface area contributed by atoms with Gasteiger partial charge in [-0.15, -0.1) is 5.10 Å². The normalized spacial score (nSPS) is 20.7. The van der Waals surface area contributed by atoms with Crippen LogP contribution in [0.2, 0.25) is 0 Å². The van der Waals surface area contributed by atoms with Crippen LogP contribution in [-0.4, -0.2) is 67.6 Å². The summed E-state index contributed by atoms with van der Waals surface area (Å²) >= 11 is 0. The second kappa shape index (κ2) is 6.68. The van der Waals surface area contributed by atoms with Gasteiger partial charge in [-0.05, 0) is 30.7 Å². The number of nitrogens with two attached hydrogens (primary N) is 1. The molecule has 1 amide bonds. The van der Waals surface area contributed by atoms with Crippen molar-refractivity contribution in [3.63, 3.8) is 0 Å². The first kappa shape index (κ1) is 18.3. The van der Waals surface area contributed by atoms with Gasteiger partial charge in [0.05, 0.1) is 11.9 Å². The lowest BCUT2D eigenvalue weighted by Crippen LogP contribution is -2.34. The van der Waals surface area contributed by atoms with Gasteiger partial charge in [-0.2, -0.15) is 0 Å². The molecule has 0 aromatic carbocycles. The van der Waals surface area contributed by atoms with Gasteiger partial charge in [-0.1, -0.05) is 6.07 Å². The number of nitrogens with zero attached hydrogens (tertiary/aromatic N) is 6. The van der Waals surface area contributed by atoms with Gasteiger partial charge in [-0.25, -0.2) is 19.3 Å². The van der Waals surface area contributed by atoms with Gasteiger partial charge in [0, 0.05) is 38.0 Å². The van der Waals surface area contributed by atoms with Crippen LogP contribution >= 0.6 is 0 Å². The van der Waals surface area contributed by atoms with E-state index in [1.807, 2.05) is 13.0 Å². The van der Waals surface area contributed by atoms with Crippen molar-refractivity contribution in [1.82, 2.24) is 24.5 Å². The van der Waals surface area contributed by atoms with Crippen LogP contribution in [0.1, 0.15) is 26.7 Å². The van der Waals surface area contributed by atoms with Crippen LogP contribution in [0.3, 0.4) is 0 Å². The number of hydrogen-bond acceptors (Lipinski definition) is 7. The smallest absolute Gasteiger partial charge is 0.354 e. The number of carbonyl (C=O) groups is 2. The average molecular weight is 407 g/mol. The molecule has 0 bridgehead atoms. The van der Waals surface area contributed by atoms with E-state index in [-0.39, 0.29) is 17.4 Å². The molecule has 3 aromatic rings. The highest BCUT2D eigenvalue weighted by atomic mass is 16.4. The number of nitrogen functional groups attached to an aromatic ring is 1. The molecule has 0 aliphatic carbocycles. The Bertz CT molecular complexity index is 1160. The summed E-state index contributed by atoms with van der Waals surface area (Å²) in [6.07, 6.45) is 1.65. The second-order valence-corrected chi connectivity index (χ2v) is 7.98. The molecule has 3 aromatic heterocycles. The number of rotatable bonds is 3. The van der Waals surface area contributed by atoms with E-state index in [1.54, 1.807) is 27.7 Å². The van der Waals surface area contributed by atoms with Gasteiger partial charge in [-0.3, -0.25) is 4.79 Å². The zero-order valence-electron chi connectivity index (χ0n) is 16.4. The standard InChI is InChI=1S/C20H21N7O3/c1-11-5-14(21)10-27-18(11)23-17(24-27)19(28)26-8-12-6-25(7-13(12)9-26)16-4-2-3-15(22-16)20(29)30/h2-5,10,12-13H,6-9,21H2,1H3,(H,29,30). The van der Waals surface area contributed by atoms with Crippen LogP contribution in [0.4, 0.5) is 11.5 Å². The second-order valence-electron chi connectivity index (χ2n) is 7.98. The maximum absolute atomic E-state index is 13.0. The van der Waals surface area contributed by atoms with Gasteiger partial charge in [0.25, 0.3) is 5.91 Å². The molecule has 30 heavy (non-hydrogen) atoms. The molecule has 3 N–H and O–H groups in total. The third-order valence-corrected chi connectivity index (χ3v) is 5.88. The summed E-state index contributed by atoms with van der Waals surface area (Å²) in [6.45, 7) is 4.60. The van der Waals surface area contributed by atoms with Crippen molar-refractivity contribution in [2.45, 2.75) is 6.92 Å². The van der Waals surface area contributed by atoms with Crippen molar-refractivity contribution in [2.75, 3.05) is 36.8 Å². The van der Waals surface area contributed by atoms with Crippen molar-refractivity contribution in [3.05, 3.63) is 47.5 Å². The minimum Gasteiger partial charge on any atom is -0.477 e. The van der Waals surface area contributed by atoms with Crippen LogP contribution in [0.15, 0.2) is 30.5 Å². The third-order valence-electron chi connectivity index (χ3n) is 5.88. The molecule has 2 atom stereocenters. The van der Waals surface area contributed by atoms with Crippen LogP contribution < -0.4 is 10.6 Å². The summed E-state index contributed by atoms with van der Waals surface area (Å²) in [5, 5.41) is 13.5. The number of carboxylic acid groups (broad SMARTS) is 1. The molecule has 5 heterocycles. The predicted octanol–water partition coefficient (Wildman–Crippen LogP) is 0.922. The molecule has 154 valence electrons. The third kappa shape index (κ3) is 3.00. The molecule has 0 radical (unpaired) electrons. The summed E-state index contributed by atoms with van der Waals surface area (Å²) in [6, 6.07) is 6.82. The summed E-state index contributed by atoms with van der Waals surface area (Å²) in [5.41, 5.74) is 7.96. The number of anilines is 2. The van der Waals surface area contributed by atoms with E-state index in [4.69, 9.17) is 10.8 Å². The van der Waals surface area contributed by atoms with E-state index in [0.29, 0.717) is 42.1 Å². The zero-order valence-corrected chi connectivity index (χ0v) is 16.4. The molecule has 0 spiro atoms. The van der Waals surface area contributed by atoms with Gasteiger partial charge in [0.15, 0.2) is 11.3 Å². The van der Waals surface area contributed by atoms with Gasteiger partial charge >= 0.3 is 5.97 Å². The first-order valence-electron chi connectivity index (χ1n) is 9.76. The molecule has 10 heteroatoms. The Kier molecular flexibility index (Phi) is 4.09. The quantitative estimate of drug-likeness (QED) is 0.656. The summed E-state index contributed by atoms with van der Waals surface area (Å²) in [7, 11) is 0. The fraction of sp³-hybridized carbons (Fsp3) is 0.350. The van der Waals surface area contributed by atoms with Crippen molar-refractivity contribution in [2.24, 2.45) is 11.8 Å². The van der Waals surface area contributed by atoms with Crippen molar-refractivity contribution < 1.29 is 14.7 Å². The molecule has 2 aliphatic rings. The Hall–Kier alpha value is -3.69. The fourth-order valence-electron chi connectivity index (χ4n) is 4.47. The number of likely N-dealkylation sites (tertiary alicyclic amines) is 1. The maximum Gasteiger partial charge on any atom is 0.354 e. The van der Waals surface area contributed by atoms with Crippen molar-refractivity contribution >= 4 is 29.0 Å². The minimum atomic E-state index is -1.04. The van der Waals surface area contributed by atoms with E-state index in [2.05, 4.69) is 20.0 Å². The summed E-state index contributed by atoms with van der Waals surface area (Å²) in [4.78, 5) is 36.7. The number of carboxylic acids is 1. The fourth-order valence-corrected chi connectivity index (χ4v) is 4.47. The van der Waals surface area contributed by atoms with E-state index < -0.39 is 5.97 Å². The van der Waals surface area contributed by atoms with Crippen LogP contribution in [-0.2, 0) is 0 Å². The number of amides is 1. The monoisotopic (exact) mass is 407 g/mol. The van der Waals surface area contributed by atoms with Crippen molar-refractivity contribution in [1.29, 1.82) is 0 Å². The van der Waals surface area contributed by atoms with Crippen LogP contribution in [0, 0.1) is 18.8 Å². The highest BCUT2D eigenvalue weighted by Gasteiger charge is 2.42. The highest BCUT2D eigenvalue weighted by Crippen LogP contribution is 2.34.